The number of hydrogen-bond donors (Lipinski definition) is 1. The summed E-state index contributed by atoms with van der Waals surface area (Å²) in [6.45, 7) is 0. The predicted octanol–water partition coefficient (Wildman–Crippen LogP) is 2.18. The van der Waals surface area contributed by atoms with E-state index < -0.39 is 0 Å². The predicted molar refractivity (Wildman–Crippen MR) is 74.4 cm³/mol. The van der Waals surface area contributed by atoms with E-state index in [0.717, 1.165) is 25.7 Å². The minimum absolute atomic E-state index is 0.0646. The Morgan fingerprint density at radius 2 is 2.10 bits per heavy atom. The standard InChI is InChI=1S/C14H17N5O/c20-14(11-5-2-1-3-6-11)18-12-9-13(16-10-15-12)19-8-4-7-17-19/h4,7-11H,1-3,5-6H2,(H,15,16,18,20). The average Bonchev–Trinajstić information content (AvgIpc) is 3.03. The van der Waals surface area contributed by atoms with Crippen molar-refractivity contribution in [3.05, 3.63) is 30.9 Å². The zero-order valence-corrected chi connectivity index (χ0v) is 11.2. The van der Waals surface area contributed by atoms with Crippen molar-refractivity contribution in [1.82, 2.24) is 19.7 Å². The molecule has 2 aromatic heterocycles. The third kappa shape index (κ3) is 2.84. The SMILES string of the molecule is O=C(Nc1cc(-n2cccn2)ncn1)C1CCCCC1. The molecule has 1 fully saturated rings. The van der Waals surface area contributed by atoms with E-state index >= 15 is 0 Å². The Morgan fingerprint density at radius 1 is 1.25 bits per heavy atom. The van der Waals surface area contributed by atoms with Gasteiger partial charge in [-0.3, -0.25) is 4.79 Å². The van der Waals surface area contributed by atoms with Gasteiger partial charge in [0.1, 0.15) is 12.1 Å². The second kappa shape index (κ2) is 5.81. The molecule has 0 saturated heterocycles. The van der Waals surface area contributed by atoms with Gasteiger partial charge in [0.05, 0.1) is 0 Å². The monoisotopic (exact) mass is 271 g/mol. The highest BCUT2D eigenvalue weighted by atomic mass is 16.1. The number of aromatic nitrogens is 4. The zero-order valence-electron chi connectivity index (χ0n) is 11.2. The van der Waals surface area contributed by atoms with E-state index in [-0.39, 0.29) is 11.8 Å². The van der Waals surface area contributed by atoms with Gasteiger partial charge in [-0.25, -0.2) is 14.6 Å². The van der Waals surface area contributed by atoms with Crippen molar-refractivity contribution in [2.24, 2.45) is 5.92 Å². The van der Waals surface area contributed by atoms with Crippen molar-refractivity contribution >= 4 is 11.7 Å². The van der Waals surface area contributed by atoms with E-state index in [9.17, 15) is 4.79 Å². The summed E-state index contributed by atoms with van der Waals surface area (Å²) in [7, 11) is 0. The molecule has 0 unspecified atom stereocenters. The van der Waals surface area contributed by atoms with E-state index in [4.69, 9.17) is 0 Å². The lowest BCUT2D eigenvalue weighted by Crippen LogP contribution is -2.25. The highest BCUT2D eigenvalue weighted by Crippen LogP contribution is 2.24. The molecule has 6 nitrogen and oxygen atoms in total. The number of hydrogen-bond acceptors (Lipinski definition) is 4. The molecule has 0 aliphatic heterocycles. The summed E-state index contributed by atoms with van der Waals surface area (Å²) in [5.41, 5.74) is 0. The van der Waals surface area contributed by atoms with Gasteiger partial charge in [-0.05, 0) is 18.9 Å². The largest absolute Gasteiger partial charge is 0.310 e. The molecule has 1 aliphatic carbocycles. The quantitative estimate of drug-likeness (QED) is 0.928. The maximum absolute atomic E-state index is 12.2. The summed E-state index contributed by atoms with van der Waals surface area (Å²) in [5.74, 6) is 1.35. The number of carbonyl (C=O) groups is 1. The summed E-state index contributed by atoms with van der Waals surface area (Å²) < 4.78 is 1.64. The number of rotatable bonds is 3. The number of nitrogens with one attached hydrogen (secondary N) is 1. The smallest absolute Gasteiger partial charge is 0.228 e. The number of anilines is 1. The average molecular weight is 271 g/mol. The second-order valence-electron chi connectivity index (χ2n) is 5.04. The van der Waals surface area contributed by atoms with Crippen molar-refractivity contribution in [3.63, 3.8) is 0 Å². The van der Waals surface area contributed by atoms with Crippen molar-refractivity contribution in [2.45, 2.75) is 32.1 Å². The first-order chi connectivity index (χ1) is 9.83. The Hall–Kier alpha value is -2.24. The zero-order chi connectivity index (χ0) is 13.8. The normalized spacial score (nSPS) is 16.0. The van der Waals surface area contributed by atoms with Crippen LogP contribution in [0.3, 0.4) is 0 Å². The fourth-order valence-electron chi connectivity index (χ4n) is 2.54. The third-order valence-electron chi connectivity index (χ3n) is 3.62. The Balaban J connectivity index is 1.71. The number of amides is 1. The molecule has 104 valence electrons. The van der Waals surface area contributed by atoms with Crippen LogP contribution in [0, 0.1) is 5.92 Å². The van der Waals surface area contributed by atoms with Crippen molar-refractivity contribution in [1.29, 1.82) is 0 Å². The molecule has 0 radical (unpaired) electrons. The highest BCUT2D eigenvalue weighted by Gasteiger charge is 2.21. The first-order valence-electron chi connectivity index (χ1n) is 6.96. The molecular weight excluding hydrogens is 254 g/mol. The number of nitrogens with zero attached hydrogens (tertiary/aromatic N) is 4. The summed E-state index contributed by atoms with van der Waals surface area (Å²) >= 11 is 0. The summed E-state index contributed by atoms with van der Waals surface area (Å²) in [6, 6.07) is 3.55. The molecule has 1 saturated carbocycles. The molecule has 1 amide bonds. The molecular formula is C14H17N5O. The third-order valence-corrected chi connectivity index (χ3v) is 3.62. The van der Waals surface area contributed by atoms with Crippen molar-refractivity contribution in [3.8, 4) is 5.82 Å². The first kappa shape index (κ1) is 12.8. The van der Waals surface area contributed by atoms with Crippen LogP contribution < -0.4 is 5.32 Å². The van der Waals surface area contributed by atoms with Crippen LogP contribution in [0.4, 0.5) is 5.82 Å². The van der Waals surface area contributed by atoms with Gasteiger partial charge in [-0.2, -0.15) is 5.10 Å². The van der Waals surface area contributed by atoms with Gasteiger partial charge in [-0.15, -0.1) is 0 Å². The summed E-state index contributed by atoms with van der Waals surface area (Å²) in [4.78, 5) is 20.4. The molecule has 0 atom stereocenters. The molecule has 0 aromatic carbocycles. The van der Waals surface area contributed by atoms with Gasteiger partial charge in [0.25, 0.3) is 0 Å². The van der Waals surface area contributed by atoms with Gasteiger partial charge in [0.2, 0.25) is 5.91 Å². The minimum Gasteiger partial charge on any atom is -0.310 e. The van der Waals surface area contributed by atoms with Gasteiger partial charge in [0.15, 0.2) is 5.82 Å². The fraction of sp³-hybridized carbons (Fsp3) is 0.429. The minimum atomic E-state index is 0.0646. The fourth-order valence-corrected chi connectivity index (χ4v) is 2.54. The summed E-state index contributed by atoms with van der Waals surface area (Å²) in [6.07, 6.45) is 10.4. The van der Waals surface area contributed by atoms with Gasteiger partial charge in [-0.1, -0.05) is 19.3 Å². The van der Waals surface area contributed by atoms with Crippen LogP contribution in [0.15, 0.2) is 30.9 Å². The molecule has 6 heteroatoms. The lowest BCUT2D eigenvalue weighted by atomic mass is 9.89. The lowest BCUT2D eigenvalue weighted by Gasteiger charge is -2.20. The molecule has 0 spiro atoms. The molecule has 2 heterocycles. The molecule has 1 N–H and O–H groups in total. The van der Waals surface area contributed by atoms with E-state index in [1.54, 1.807) is 23.1 Å². The van der Waals surface area contributed by atoms with Crippen LogP contribution in [0.2, 0.25) is 0 Å². The number of carbonyl (C=O) groups excluding carboxylic acids is 1. The van der Waals surface area contributed by atoms with E-state index in [1.807, 2.05) is 6.07 Å². The topological polar surface area (TPSA) is 72.7 Å². The molecule has 0 bridgehead atoms. The van der Waals surface area contributed by atoms with Crippen molar-refractivity contribution < 1.29 is 4.79 Å². The van der Waals surface area contributed by atoms with Gasteiger partial charge in [0, 0.05) is 24.4 Å². The Labute approximate surface area is 117 Å². The van der Waals surface area contributed by atoms with Crippen LogP contribution in [0.5, 0.6) is 0 Å². The second-order valence-corrected chi connectivity index (χ2v) is 5.04. The van der Waals surface area contributed by atoms with Gasteiger partial charge >= 0.3 is 0 Å². The van der Waals surface area contributed by atoms with E-state index in [1.165, 1.54) is 12.7 Å². The van der Waals surface area contributed by atoms with E-state index in [2.05, 4.69) is 20.4 Å². The highest BCUT2D eigenvalue weighted by molar-refractivity contribution is 5.91. The lowest BCUT2D eigenvalue weighted by molar-refractivity contribution is -0.120. The molecule has 2 aromatic rings. The molecule has 20 heavy (non-hydrogen) atoms. The van der Waals surface area contributed by atoms with Crippen LogP contribution in [-0.4, -0.2) is 25.7 Å². The Morgan fingerprint density at radius 3 is 2.85 bits per heavy atom. The van der Waals surface area contributed by atoms with Crippen LogP contribution in [0.1, 0.15) is 32.1 Å². The Bertz CT molecular complexity index is 575. The van der Waals surface area contributed by atoms with Crippen LogP contribution in [-0.2, 0) is 4.79 Å². The summed E-state index contributed by atoms with van der Waals surface area (Å²) in [5, 5.41) is 6.99. The van der Waals surface area contributed by atoms with Gasteiger partial charge < -0.3 is 5.32 Å². The van der Waals surface area contributed by atoms with Crippen LogP contribution in [0.25, 0.3) is 5.82 Å². The van der Waals surface area contributed by atoms with E-state index in [0.29, 0.717) is 11.6 Å². The Kier molecular flexibility index (Phi) is 3.71. The maximum atomic E-state index is 12.2. The van der Waals surface area contributed by atoms with Crippen molar-refractivity contribution in [2.75, 3.05) is 5.32 Å². The molecule has 3 rings (SSSR count). The first-order valence-corrected chi connectivity index (χ1v) is 6.96. The molecule has 1 aliphatic rings. The van der Waals surface area contributed by atoms with Crippen LogP contribution >= 0.6 is 0 Å². The maximum Gasteiger partial charge on any atom is 0.228 e.